The zero-order chi connectivity index (χ0) is 19.8. The fraction of sp³-hybridized carbons (Fsp3) is 0.208. The lowest BCUT2D eigenvalue weighted by molar-refractivity contribution is 0.0511. The molecule has 0 aliphatic carbocycles. The van der Waals surface area contributed by atoms with Gasteiger partial charge in [0.15, 0.2) is 0 Å². The van der Waals surface area contributed by atoms with E-state index in [9.17, 15) is 0 Å². The van der Waals surface area contributed by atoms with Crippen LogP contribution in [0, 0.1) is 0 Å². The van der Waals surface area contributed by atoms with E-state index in [1.807, 2.05) is 44.2 Å². The van der Waals surface area contributed by atoms with Crippen LogP contribution in [-0.4, -0.2) is 20.6 Å². The van der Waals surface area contributed by atoms with Gasteiger partial charge in [0.2, 0.25) is 0 Å². The third-order valence-electron chi connectivity index (χ3n) is 4.67. The normalized spacial score (nSPS) is 12.2. The van der Waals surface area contributed by atoms with Crippen molar-refractivity contribution in [2.24, 2.45) is 5.16 Å². The van der Waals surface area contributed by atoms with Crippen LogP contribution in [0.2, 0.25) is 6.55 Å². The number of rotatable bonds is 8. The topological polar surface area (TPSA) is 30.8 Å². The molecule has 0 saturated heterocycles. The largest absolute Gasteiger partial charge is 0.398 e. The lowest BCUT2D eigenvalue weighted by Gasteiger charge is -2.33. The summed E-state index contributed by atoms with van der Waals surface area (Å²) in [6, 6.07) is 31.3. The Morgan fingerprint density at radius 3 is 1.71 bits per heavy atom. The van der Waals surface area contributed by atoms with Crippen LogP contribution >= 0.6 is 0 Å². The second kappa shape index (κ2) is 9.49. The van der Waals surface area contributed by atoms with Gasteiger partial charge in [-0.2, -0.15) is 0 Å². The Bertz CT molecular complexity index is 839. The van der Waals surface area contributed by atoms with Gasteiger partial charge in [-0.05, 0) is 36.3 Å². The lowest BCUT2D eigenvalue weighted by atomic mass is 10.1. The van der Waals surface area contributed by atoms with Gasteiger partial charge >= 0.3 is 0 Å². The molecule has 4 heteroatoms. The molecule has 0 aliphatic heterocycles. The molecule has 0 unspecified atom stereocenters. The van der Waals surface area contributed by atoms with E-state index in [2.05, 4.69) is 72.4 Å². The fourth-order valence-corrected chi connectivity index (χ4v) is 6.24. The van der Waals surface area contributed by atoms with E-state index < -0.39 is 8.32 Å². The van der Waals surface area contributed by atoms with E-state index in [4.69, 9.17) is 9.26 Å². The van der Waals surface area contributed by atoms with E-state index in [0.717, 1.165) is 11.3 Å². The highest BCUT2D eigenvalue weighted by molar-refractivity contribution is 6.96. The summed E-state index contributed by atoms with van der Waals surface area (Å²) in [5, 5.41) is 6.58. The molecule has 0 spiro atoms. The summed E-state index contributed by atoms with van der Waals surface area (Å²) in [5.74, 6) is 0. The summed E-state index contributed by atoms with van der Waals surface area (Å²) in [7, 11) is -2.45. The van der Waals surface area contributed by atoms with Gasteiger partial charge in [0.25, 0.3) is 8.32 Å². The molecule has 0 fully saturated rings. The molecule has 1 atom stereocenters. The SMILES string of the molecule is CC(C)=NOC[C@H](O[Si](C)(c1ccccc1)c1ccccc1)c1ccccc1. The van der Waals surface area contributed by atoms with Crippen molar-refractivity contribution in [3.63, 3.8) is 0 Å². The molecule has 144 valence electrons. The van der Waals surface area contributed by atoms with Crippen LogP contribution < -0.4 is 10.4 Å². The van der Waals surface area contributed by atoms with E-state index in [1.54, 1.807) is 0 Å². The van der Waals surface area contributed by atoms with Crippen LogP contribution in [0.15, 0.2) is 96.2 Å². The molecular weight excluding hydrogens is 362 g/mol. The third-order valence-corrected chi connectivity index (χ3v) is 8.30. The van der Waals surface area contributed by atoms with Crippen molar-refractivity contribution in [1.82, 2.24) is 0 Å². The molecule has 28 heavy (non-hydrogen) atoms. The van der Waals surface area contributed by atoms with Crippen LogP contribution in [-0.2, 0) is 9.26 Å². The Morgan fingerprint density at radius 2 is 1.25 bits per heavy atom. The van der Waals surface area contributed by atoms with Crippen molar-refractivity contribution in [3.05, 3.63) is 96.6 Å². The highest BCUT2D eigenvalue weighted by Crippen LogP contribution is 2.23. The number of nitrogens with zero attached hydrogens (tertiary/aromatic N) is 1. The van der Waals surface area contributed by atoms with E-state index in [0.29, 0.717) is 6.61 Å². The van der Waals surface area contributed by atoms with Crippen molar-refractivity contribution in [3.8, 4) is 0 Å². The number of oxime groups is 1. The minimum absolute atomic E-state index is 0.207. The highest BCUT2D eigenvalue weighted by atomic mass is 28.4. The van der Waals surface area contributed by atoms with Crippen LogP contribution in [0.25, 0.3) is 0 Å². The minimum Gasteiger partial charge on any atom is -0.398 e. The lowest BCUT2D eigenvalue weighted by Crippen LogP contribution is -2.59. The maximum absolute atomic E-state index is 6.92. The maximum atomic E-state index is 6.92. The zero-order valence-electron chi connectivity index (χ0n) is 16.7. The van der Waals surface area contributed by atoms with Crippen LogP contribution in [0.3, 0.4) is 0 Å². The standard InChI is InChI=1S/C24H27NO2Si/c1-20(2)25-26-19-24(21-13-7-4-8-14-21)27-28(3,22-15-9-5-10-16-22)23-17-11-6-12-18-23/h4-18,24H,19H2,1-3H3/t24-/m0/s1. The molecule has 3 rings (SSSR count). The monoisotopic (exact) mass is 389 g/mol. The fourth-order valence-electron chi connectivity index (χ4n) is 3.20. The number of hydrogen-bond donors (Lipinski definition) is 0. The number of benzene rings is 3. The molecule has 0 aromatic heterocycles. The molecule has 3 aromatic rings. The third kappa shape index (κ3) is 4.97. The van der Waals surface area contributed by atoms with E-state index in [1.165, 1.54) is 10.4 Å². The molecule has 0 amide bonds. The summed E-state index contributed by atoms with van der Waals surface area (Å²) >= 11 is 0. The Morgan fingerprint density at radius 1 is 0.786 bits per heavy atom. The first kappa shape index (κ1) is 20.1. The molecular formula is C24H27NO2Si. The average Bonchev–Trinajstić information content (AvgIpc) is 2.74. The molecule has 0 saturated carbocycles. The first-order chi connectivity index (χ1) is 13.6. The predicted molar refractivity (Wildman–Crippen MR) is 119 cm³/mol. The molecule has 0 radical (unpaired) electrons. The van der Waals surface area contributed by atoms with Crippen molar-refractivity contribution in [2.45, 2.75) is 26.5 Å². The van der Waals surface area contributed by atoms with Crippen LogP contribution in [0.4, 0.5) is 0 Å². The predicted octanol–water partition coefficient (Wildman–Crippen LogP) is 4.55. The highest BCUT2D eigenvalue weighted by Gasteiger charge is 2.37. The molecule has 0 aliphatic rings. The molecule has 0 heterocycles. The zero-order valence-corrected chi connectivity index (χ0v) is 17.7. The summed E-state index contributed by atoms with van der Waals surface area (Å²) in [4.78, 5) is 5.61. The van der Waals surface area contributed by atoms with Gasteiger partial charge < -0.3 is 9.26 Å². The van der Waals surface area contributed by atoms with Gasteiger partial charge in [0.05, 0.1) is 5.71 Å². The van der Waals surface area contributed by atoms with Crippen molar-refractivity contribution in [2.75, 3.05) is 6.61 Å². The number of hydrogen-bond acceptors (Lipinski definition) is 3. The maximum Gasteiger partial charge on any atom is 0.253 e. The van der Waals surface area contributed by atoms with Crippen molar-refractivity contribution < 1.29 is 9.26 Å². The molecule has 3 nitrogen and oxygen atoms in total. The summed E-state index contributed by atoms with van der Waals surface area (Å²) in [6.45, 7) is 6.47. The Labute approximate surface area is 168 Å². The molecule has 3 aromatic carbocycles. The minimum atomic E-state index is -2.45. The quantitative estimate of drug-likeness (QED) is 0.322. The van der Waals surface area contributed by atoms with Crippen molar-refractivity contribution >= 4 is 24.4 Å². The van der Waals surface area contributed by atoms with E-state index >= 15 is 0 Å². The van der Waals surface area contributed by atoms with Gasteiger partial charge in [-0.15, -0.1) is 0 Å². The summed E-state index contributed by atoms with van der Waals surface area (Å²) in [5.41, 5.74) is 1.98. The summed E-state index contributed by atoms with van der Waals surface area (Å²) < 4.78 is 6.92. The van der Waals surface area contributed by atoms with Gasteiger partial charge in [-0.25, -0.2) is 0 Å². The van der Waals surface area contributed by atoms with Gasteiger partial charge in [-0.1, -0.05) is 96.2 Å². The van der Waals surface area contributed by atoms with E-state index in [-0.39, 0.29) is 6.10 Å². The first-order valence-corrected chi connectivity index (χ1v) is 12.0. The van der Waals surface area contributed by atoms with Gasteiger partial charge in [0, 0.05) is 0 Å². The van der Waals surface area contributed by atoms with Crippen LogP contribution in [0.5, 0.6) is 0 Å². The van der Waals surface area contributed by atoms with Gasteiger partial charge in [-0.3, -0.25) is 0 Å². The first-order valence-electron chi connectivity index (χ1n) is 9.56. The Kier molecular flexibility index (Phi) is 6.79. The summed E-state index contributed by atoms with van der Waals surface area (Å²) in [6.07, 6.45) is -0.207. The Balaban J connectivity index is 1.99. The smallest absolute Gasteiger partial charge is 0.253 e. The molecule has 0 bridgehead atoms. The van der Waals surface area contributed by atoms with Crippen molar-refractivity contribution in [1.29, 1.82) is 0 Å². The molecule has 0 N–H and O–H groups in total. The van der Waals surface area contributed by atoms with Crippen LogP contribution in [0.1, 0.15) is 25.5 Å². The second-order valence-corrected chi connectivity index (χ2v) is 10.6. The Hall–Kier alpha value is -2.69. The second-order valence-electron chi connectivity index (χ2n) is 7.12. The average molecular weight is 390 g/mol. The van der Waals surface area contributed by atoms with Gasteiger partial charge in [0.1, 0.15) is 12.7 Å².